The van der Waals surface area contributed by atoms with Gasteiger partial charge < -0.3 is 11.1 Å². The zero-order valence-electron chi connectivity index (χ0n) is 19.7. The summed E-state index contributed by atoms with van der Waals surface area (Å²) < 4.78 is 59.5. The Bertz CT molecular complexity index is 2070. The van der Waals surface area contributed by atoms with Gasteiger partial charge in [0, 0.05) is 5.38 Å². The van der Waals surface area contributed by atoms with Gasteiger partial charge in [0.1, 0.15) is 41.0 Å². The van der Waals surface area contributed by atoms with Gasteiger partial charge in [0.2, 0.25) is 0 Å². The summed E-state index contributed by atoms with van der Waals surface area (Å²) >= 11 is 12.6. The van der Waals surface area contributed by atoms with Crippen LogP contribution in [0.3, 0.4) is 0 Å². The van der Waals surface area contributed by atoms with Crippen molar-refractivity contribution in [2.24, 2.45) is 0 Å². The van der Waals surface area contributed by atoms with E-state index >= 15 is 4.39 Å². The third kappa shape index (κ3) is 4.44. The molecule has 16 heteroatoms. The molecular weight excluding hydrogens is 605 g/mol. The summed E-state index contributed by atoms with van der Waals surface area (Å²) in [6.07, 6.45) is 2.75. The molecule has 6 rings (SSSR count). The number of nitrogens with one attached hydrogen (secondary N) is 2. The topological polar surface area (TPSA) is 141 Å². The molecule has 40 heavy (non-hydrogen) atoms. The van der Waals surface area contributed by atoms with E-state index in [1.165, 1.54) is 11.7 Å². The normalized spacial score (nSPS) is 11.8. The number of pyridine rings is 1. The lowest BCUT2D eigenvalue weighted by molar-refractivity contribution is 0.589. The quantitative estimate of drug-likeness (QED) is 0.189. The number of benzene rings is 2. The molecular formula is C24H14Cl2F2N8O2S2. The smallest absolute Gasteiger partial charge is 0.273 e. The number of fused-ring (bicyclic) bond motifs is 2. The van der Waals surface area contributed by atoms with Gasteiger partial charge in [-0.05, 0) is 36.4 Å². The predicted molar refractivity (Wildman–Crippen MR) is 151 cm³/mol. The number of halogens is 4. The lowest BCUT2D eigenvalue weighted by atomic mass is 10.2. The minimum absolute atomic E-state index is 0.0262. The third-order valence-corrected chi connectivity index (χ3v) is 9.84. The molecule has 4 N–H and O–H groups in total. The first-order valence-corrected chi connectivity index (χ1v) is 14.3. The number of nitrogen functional groups attached to an aromatic ring is 1. The summed E-state index contributed by atoms with van der Waals surface area (Å²) in [6.45, 7) is 0. The van der Waals surface area contributed by atoms with Crippen molar-refractivity contribution in [1.82, 2.24) is 24.5 Å². The molecule has 0 fully saturated rings. The number of thiophene rings is 1. The summed E-state index contributed by atoms with van der Waals surface area (Å²) in [5, 5.41) is 3.75. The molecule has 202 valence electrons. The van der Waals surface area contributed by atoms with Crippen LogP contribution in [-0.4, -0.2) is 32.9 Å². The number of rotatable bonds is 6. The van der Waals surface area contributed by atoms with Crippen molar-refractivity contribution in [2.45, 2.75) is 4.21 Å². The molecule has 2 aromatic carbocycles. The molecule has 0 aliphatic rings. The number of anilines is 4. The summed E-state index contributed by atoms with van der Waals surface area (Å²) in [5.41, 5.74) is 7.17. The van der Waals surface area contributed by atoms with E-state index in [1.807, 2.05) is 6.07 Å². The van der Waals surface area contributed by atoms with Crippen molar-refractivity contribution in [3.05, 3.63) is 82.2 Å². The van der Waals surface area contributed by atoms with Crippen molar-refractivity contribution < 1.29 is 17.2 Å². The minimum Gasteiger partial charge on any atom is -0.397 e. The Labute approximate surface area is 238 Å². The molecule has 0 saturated heterocycles. The fraction of sp³-hybridized carbons (Fsp3) is 0. The highest BCUT2D eigenvalue weighted by Gasteiger charge is 2.25. The van der Waals surface area contributed by atoms with Gasteiger partial charge in [-0.1, -0.05) is 29.3 Å². The number of aromatic nitrogens is 5. The second-order valence-electron chi connectivity index (χ2n) is 8.29. The summed E-state index contributed by atoms with van der Waals surface area (Å²) in [4.78, 5) is 17.2. The number of nitrogens with two attached hydrogens (primary N) is 1. The van der Waals surface area contributed by atoms with Crippen molar-refractivity contribution in [3.63, 3.8) is 0 Å². The molecule has 0 aliphatic carbocycles. The Balaban J connectivity index is 1.40. The monoisotopic (exact) mass is 618 g/mol. The highest BCUT2D eigenvalue weighted by atomic mass is 35.5. The van der Waals surface area contributed by atoms with Crippen LogP contribution in [0.1, 0.15) is 0 Å². The maximum absolute atomic E-state index is 15.5. The number of nitrogens with zero attached hydrogens (tertiary/aromatic N) is 5. The molecule has 6 aromatic rings. The lowest BCUT2D eigenvalue weighted by Crippen LogP contribution is -2.14. The molecule has 0 aliphatic heterocycles. The van der Waals surface area contributed by atoms with E-state index in [1.54, 1.807) is 35.2 Å². The standard InChI is InChI=1S/C24H14Cl2F2N8O2S2/c25-11-8-39-24(18(11)26)40(37,38)35-14-5-4-12(27)20(19(14)28)34-23-22-15(30-9-31-23)6-7-17(33-22)36-10-32-21-13(29)2-1-3-16(21)36/h1-10,35H,29H2,(H,30,31,34). The minimum atomic E-state index is -4.33. The summed E-state index contributed by atoms with van der Waals surface area (Å²) in [6, 6.07) is 10.5. The highest BCUT2D eigenvalue weighted by molar-refractivity contribution is 7.94. The van der Waals surface area contributed by atoms with Crippen LogP contribution in [0.15, 0.2) is 64.7 Å². The Morgan fingerprint density at radius 2 is 1.82 bits per heavy atom. The first kappa shape index (κ1) is 26.1. The molecule has 0 amide bonds. The van der Waals surface area contributed by atoms with Crippen LogP contribution in [0.25, 0.3) is 27.9 Å². The number of hydrogen-bond donors (Lipinski definition) is 3. The van der Waals surface area contributed by atoms with Crippen molar-refractivity contribution in [2.75, 3.05) is 15.8 Å². The van der Waals surface area contributed by atoms with E-state index in [4.69, 9.17) is 28.9 Å². The second kappa shape index (κ2) is 9.82. The van der Waals surface area contributed by atoms with E-state index in [9.17, 15) is 12.8 Å². The SMILES string of the molecule is Nc1cccc2c1ncn2-c1ccc2ncnc(Nc3c(F)ccc(NS(=O)(=O)c4scc(Cl)c4Cl)c3F)c2n1. The average Bonchev–Trinajstić information content (AvgIpc) is 3.52. The largest absolute Gasteiger partial charge is 0.397 e. The molecule has 4 heterocycles. The van der Waals surface area contributed by atoms with Crippen LogP contribution in [0.5, 0.6) is 0 Å². The maximum Gasteiger partial charge on any atom is 0.273 e. The van der Waals surface area contributed by atoms with Crippen LogP contribution < -0.4 is 15.8 Å². The summed E-state index contributed by atoms with van der Waals surface area (Å²) in [7, 11) is -4.33. The van der Waals surface area contributed by atoms with Crippen LogP contribution in [0.2, 0.25) is 10.0 Å². The Morgan fingerprint density at radius 1 is 1.00 bits per heavy atom. The molecule has 0 unspecified atom stereocenters. The summed E-state index contributed by atoms with van der Waals surface area (Å²) in [5.74, 6) is -1.83. The Hall–Kier alpha value is -4.11. The van der Waals surface area contributed by atoms with Gasteiger partial charge in [-0.15, -0.1) is 11.3 Å². The molecule has 4 aromatic heterocycles. The molecule has 0 spiro atoms. The van der Waals surface area contributed by atoms with Gasteiger partial charge >= 0.3 is 0 Å². The van der Waals surface area contributed by atoms with Crippen molar-refractivity contribution in [1.29, 1.82) is 0 Å². The molecule has 0 atom stereocenters. The van der Waals surface area contributed by atoms with E-state index in [-0.39, 0.29) is 25.6 Å². The van der Waals surface area contributed by atoms with E-state index in [0.29, 0.717) is 28.1 Å². The highest BCUT2D eigenvalue weighted by Crippen LogP contribution is 2.37. The van der Waals surface area contributed by atoms with Crippen LogP contribution in [-0.2, 0) is 10.0 Å². The average molecular weight is 619 g/mol. The van der Waals surface area contributed by atoms with Gasteiger partial charge in [-0.2, -0.15) is 0 Å². The van der Waals surface area contributed by atoms with Gasteiger partial charge in [-0.3, -0.25) is 9.29 Å². The third-order valence-electron chi connectivity index (χ3n) is 5.80. The van der Waals surface area contributed by atoms with Crippen LogP contribution in [0, 0.1) is 11.6 Å². The lowest BCUT2D eigenvalue weighted by Gasteiger charge is -2.14. The van der Waals surface area contributed by atoms with Crippen LogP contribution >= 0.6 is 34.5 Å². The molecule has 0 bridgehead atoms. The zero-order valence-corrected chi connectivity index (χ0v) is 22.9. The first-order chi connectivity index (χ1) is 19.1. The van der Waals surface area contributed by atoms with Crippen molar-refractivity contribution >= 4 is 89.5 Å². The second-order valence-corrected chi connectivity index (χ2v) is 11.8. The van der Waals surface area contributed by atoms with Gasteiger partial charge in [0.05, 0.1) is 32.5 Å². The Kier molecular flexibility index (Phi) is 6.41. The maximum atomic E-state index is 15.5. The number of sulfonamides is 1. The zero-order chi connectivity index (χ0) is 28.2. The fourth-order valence-electron chi connectivity index (χ4n) is 3.94. The first-order valence-electron chi connectivity index (χ1n) is 11.2. The van der Waals surface area contributed by atoms with Crippen molar-refractivity contribution in [3.8, 4) is 5.82 Å². The van der Waals surface area contributed by atoms with Gasteiger partial charge in [-0.25, -0.2) is 37.1 Å². The Morgan fingerprint density at radius 3 is 2.60 bits per heavy atom. The number of imidazole rings is 1. The van der Waals surface area contributed by atoms with Gasteiger partial charge in [0.15, 0.2) is 15.8 Å². The number of hydrogen-bond acceptors (Lipinski definition) is 9. The van der Waals surface area contributed by atoms with E-state index < -0.39 is 33.0 Å². The van der Waals surface area contributed by atoms with E-state index in [0.717, 1.165) is 23.5 Å². The van der Waals surface area contributed by atoms with Crippen LogP contribution in [0.4, 0.5) is 31.7 Å². The number of para-hydroxylation sites is 1. The molecule has 0 radical (unpaired) electrons. The molecule has 0 saturated carbocycles. The molecule has 10 nitrogen and oxygen atoms in total. The van der Waals surface area contributed by atoms with E-state index in [2.05, 4.69) is 30.0 Å². The van der Waals surface area contributed by atoms with Gasteiger partial charge in [0.25, 0.3) is 10.0 Å². The predicted octanol–water partition coefficient (Wildman–Crippen LogP) is 6.14. The fourth-order valence-corrected chi connectivity index (χ4v) is 7.04.